The summed E-state index contributed by atoms with van der Waals surface area (Å²) in [5.41, 5.74) is 0. The van der Waals surface area contributed by atoms with Crippen LogP contribution in [-0.2, 0) is 0 Å². The van der Waals surface area contributed by atoms with Crippen LogP contribution in [0.2, 0.25) is 6.04 Å². The first-order chi connectivity index (χ1) is 6.10. The molecule has 0 heterocycles. The maximum Gasteiger partial charge on any atom is 0.455 e. The van der Waals surface area contributed by atoms with Gasteiger partial charge in [-0.15, -0.1) is 0 Å². The fourth-order valence-corrected chi connectivity index (χ4v) is 2.10. The molecule has 0 N–H and O–H groups in total. The molecule has 0 aromatic heterocycles. The lowest BCUT2D eigenvalue weighted by Gasteiger charge is -2.10. The molecule has 0 bridgehead atoms. The maximum absolute atomic E-state index is 13.2. The van der Waals surface area contributed by atoms with Crippen LogP contribution in [-0.4, -0.2) is 15.9 Å². The molecule has 0 spiro atoms. The van der Waals surface area contributed by atoms with E-state index in [-0.39, 0.29) is 11.2 Å². The Morgan fingerprint density at radius 2 is 1.77 bits per heavy atom. The van der Waals surface area contributed by atoms with Gasteiger partial charge in [-0.2, -0.15) is 0 Å². The maximum atomic E-state index is 13.2. The van der Waals surface area contributed by atoms with E-state index in [9.17, 15) is 8.22 Å². The molecule has 0 aliphatic rings. The van der Waals surface area contributed by atoms with Gasteiger partial charge in [0.05, 0.1) is 7.11 Å². The smallest absolute Gasteiger partial charge is 0.455 e. The van der Waals surface area contributed by atoms with E-state index in [0.717, 1.165) is 0 Å². The Hall–Kier alpha value is -0.903. The van der Waals surface area contributed by atoms with Crippen molar-refractivity contribution in [3.8, 4) is 5.75 Å². The van der Waals surface area contributed by atoms with Crippen LogP contribution in [0.1, 0.15) is 6.92 Å². The van der Waals surface area contributed by atoms with Crippen LogP contribution in [0.4, 0.5) is 8.22 Å². The summed E-state index contributed by atoms with van der Waals surface area (Å²) in [4.78, 5) is 0. The van der Waals surface area contributed by atoms with Crippen LogP contribution in [0, 0.1) is 0 Å². The first-order valence-electron chi connectivity index (χ1n) is 4.12. The molecule has 0 aliphatic carbocycles. The first kappa shape index (κ1) is 10.2. The number of benzene rings is 1. The van der Waals surface area contributed by atoms with Gasteiger partial charge < -0.3 is 4.74 Å². The van der Waals surface area contributed by atoms with Gasteiger partial charge in [0.15, 0.2) is 0 Å². The Balaban J connectivity index is 2.92. The molecule has 0 amide bonds. The van der Waals surface area contributed by atoms with Gasteiger partial charge in [-0.3, -0.25) is 8.22 Å². The van der Waals surface area contributed by atoms with E-state index in [0.29, 0.717) is 5.75 Å². The Labute approximate surface area is 77.7 Å². The summed E-state index contributed by atoms with van der Waals surface area (Å²) in [5.74, 6) is 0.615. The second-order valence-electron chi connectivity index (χ2n) is 2.79. The molecule has 0 fully saturated rings. The summed E-state index contributed by atoms with van der Waals surface area (Å²) in [5, 5.41) is 0.177. The van der Waals surface area contributed by atoms with E-state index >= 15 is 0 Å². The highest BCUT2D eigenvalue weighted by molar-refractivity contribution is 6.79. The molecule has 72 valence electrons. The van der Waals surface area contributed by atoms with E-state index in [4.69, 9.17) is 4.74 Å². The average Bonchev–Trinajstić information content (AvgIpc) is 2.18. The molecule has 0 unspecified atom stereocenters. The molecule has 0 saturated carbocycles. The number of rotatable bonds is 3. The Bertz CT molecular complexity index is 271. The largest absolute Gasteiger partial charge is 0.497 e. The highest BCUT2D eigenvalue weighted by Crippen LogP contribution is 2.15. The van der Waals surface area contributed by atoms with Gasteiger partial charge in [-0.25, -0.2) is 0 Å². The zero-order valence-corrected chi connectivity index (χ0v) is 8.68. The number of halogens is 2. The Morgan fingerprint density at radius 3 is 2.15 bits per heavy atom. The van der Waals surface area contributed by atoms with Crippen molar-refractivity contribution in [2.45, 2.75) is 13.0 Å². The molecule has 13 heavy (non-hydrogen) atoms. The lowest BCUT2D eigenvalue weighted by Crippen LogP contribution is -2.37. The number of methoxy groups -OCH3 is 1. The van der Waals surface area contributed by atoms with Crippen molar-refractivity contribution in [3.05, 3.63) is 24.3 Å². The standard InChI is InChI=1S/C9H12F2OSi/c1-3-13(10,11)9-6-4-8(12-2)5-7-9/h4-7H,3H2,1-2H3. The van der Waals surface area contributed by atoms with E-state index in [1.165, 1.54) is 26.2 Å². The van der Waals surface area contributed by atoms with Crippen LogP contribution in [0.15, 0.2) is 24.3 Å². The molecule has 0 atom stereocenters. The number of hydrogen-bond acceptors (Lipinski definition) is 1. The van der Waals surface area contributed by atoms with Crippen LogP contribution >= 0.6 is 0 Å². The third-order valence-corrected chi connectivity index (χ3v) is 4.02. The molecular formula is C9H12F2OSi. The Morgan fingerprint density at radius 1 is 1.23 bits per heavy atom. The average molecular weight is 202 g/mol. The molecule has 1 aromatic rings. The third kappa shape index (κ3) is 2.27. The molecule has 0 saturated heterocycles. The summed E-state index contributed by atoms with van der Waals surface area (Å²) in [6.45, 7) is 1.52. The normalized spacial score (nSPS) is 11.4. The van der Waals surface area contributed by atoms with Gasteiger partial charge in [0.2, 0.25) is 0 Å². The van der Waals surface area contributed by atoms with E-state index < -0.39 is 8.74 Å². The Kier molecular flexibility index (Phi) is 3.03. The van der Waals surface area contributed by atoms with E-state index in [1.807, 2.05) is 0 Å². The van der Waals surface area contributed by atoms with Gasteiger partial charge in [0, 0.05) is 5.19 Å². The minimum absolute atomic E-state index is 0.0423. The SMILES string of the molecule is CC[Si](F)(F)c1ccc(OC)cc1. The quantitative estimate of drug-likeness (QED) is 0.540. The molecule has 4 heteroatoms. The second kappa shape index (κ2) is 3.87. The summed E-state index contributed by atoms with van der Waals surface area (Å²) in [6.07, 6.45) is 0. The van der Waals surface area contributed by atoms with E-state index in [1.54, 1.807) is 12.1 Å². The molecular weight excluding hydrogens is 190 g/mol. The summed E-state index contributed by atoms with van der Waals surface area (Å²) < 4.78 is 31.3. The van der Waals surface area contributed by atoms with Gasteiger partial charge in [-0.1, -0.05) is 19.1 Å². The topological polar surface area (TPSA) is 9.23 Å². The highest BCUT2D eigenvalue weighted by Gasteiger charge is 2.35. The van der Waals surface area contributed by atoms with Crippen molar-refractivity contribution in [1.29, 1.82) is 0 Å². The highest BCUT2D eigenvalue weighted by atomic mass is 28.4. The lowest BCUT2D eigenvalue weighted by molar-refractivity contribution is 0.415. The minimum Gasteiger partial charge on any atom is -0.497 e. The lowest BCUT2D eigenvalue weighted by atomic mass is 10.3. The molecule has 0 radical (unpaired) electrons. The zero-order valence-electron chi connectivity index (χ0n) is 7.68. The fraction of sp³-hybridized carbons (Fsp3) is 0.333. The number of ether oxygens (including phenoxy) is 1. The van der Waals surface area contributed by atoms with Crippen molar-refractivity contribution < 1.29 is 13.0 Å². The monoisotopic (exact) mass is 202 g/mol. The van der Waals surface area contributed by atoms with Crippen molar-refractivity contribution in [2.24, 2.45) is 0 Å². The fourth-order valence-electron chi connectivity index (χ4n) is 1.04. The van der Waals surface area contributed by atoms with Gasteiger partial charge in [-0.05, 0) is 18.2 Å². The summed E-state index contributed by atoms with van der Waals surface area (Å²) in [6, 6.07) is 6.01. The van der Waals surface area contributed by atoms with Gasteiger partial charge in [0.25, 0.3) is 0 Å². The summed E-state index contributed by atoms with van der Waals surface area (Å²) >= 11 is 0. The van der Waals surface area contributed by atoms with Crippen LogP contribution in [0.5, 0.6) is 5.75 Å². The van der Waals surface area contributed by atoms with Crippen LogP contribution < -0.4 is 9.92 Å². The van der Waals surface area contributed by atoms with Crippen LogP contribution in [0.3, 0.4) is 0 Å². The first-order valence-corrected chi connectivity index (χ1v) is 6.09. The molecule has 1 nitrogen and oxygen atoms in total. The predicted molar refractivity (Wildman–Crippen MR) is 51.1 cm³/mol. The third-order valence-electron chi connectivity index (χ3n) is 1.96. The second-order valence-corrected chi connectivity index (χ2v) is 5.48. The van der Waals surface area contributed by atoms with E-state index in [2.05, 4.69) is 0 Å². The summed E-state index contributed by atoms with van der Waals surface area (Å²) in [7, 11) is -2.63. The predicted octanol–water partition coefficient (Wildman–Crippen LogP) is 2.30. The van der Waals surface area contributed by atoms with Crippen molar-refractivity contribution >= 4 is 13.9 Å². The van der Waals surface area contributed by atoms with Crippen molar-refractivity contribution in [3.63, 3.8) is 0 Å². The molecule has 1 aromatic carbocycles. The van der Waals surface area contributed by atoms with Crippen LogP contribution in [0.25, 0.3) is 0 Å². The van der Waals surface area contributed by atoms with Crippen molar-refractivity contribution in [1.82, 2.24) is 0 Å². The van der Waals surface area contributed by atoms with Gasteiger partial charge in [0.1, 0.15) is 5.75 Å². The van der Waals surface area contributed by atoms with Gasteiger partial charge >= 0.3 is 8.74 Å². The zero-order chi connectivity index (χ0) is 9.90. The molecule has 1 rings (SSSR count). The number of hydrogen-bond donors (Lipinski definition) is 0. The van der Waals surface area contributed by atoms with Crippen molar-refractivity contribution in [2.75, 3.05) is 7.11 Å². The molecule has 0 aliphatic heterocycles. The minimum atomic E-state index is -4.14.